The van der Waals surface area contributed by atoms with E-state index in [0.29, 0.717) is 4.90 Å². The van der Waals surface area contributed by atoms with Gasteiger partial charge in [0.25, 0.3) is 0 Å². The number of carboxylic acids is 1. The van der Waals surface area contributed by atoms with Crippen LogP contribution in [0.15, 0.2) is 23.1 Å². The molecule has 1 N–H and O–H groups in total. The van der Waals surface area contributed by atoms with E-state index in [9.17, 15) is 4.79 Å². The fourth-order valence-electron chi connectivity index (χ4n) is 0.724. The van der Waals surface area contributed by atoms with Gasteiger partial charge < -0.3 is 5.11 Å². The fourth-order valence-corrected chi connectivity index (χ4v) is 1.35. The molecule has 4 heteroatoms. The first-order chi connectivity index (χ1) is 5.13. The summed E-state index contributed by atoms with van der Waals surface area (Å²) in [5.41, 5.74) is 0.0532. The zero-order chi connectivity index (χ0) is 8.43. The van der Waals surface area contributed by atoms with Gasteiger partial charge in [0, 0.05) is 4.90 Å². The summed E-state index contributed by atoms with van der Waals surface area (Å²) in [5, 5.41) is 8.83. The van der Waals surface area contributed by atoms with Crippen LogP contribution >= 0.6 is 24.2 Å². The van der Waals surface area contributed by atoms with Gasteiger partial charge in [-0.1, -0.05) is 17.7 Å². The standard InChI is InChI=1S/C7H5ClO2S/c8-4-2-1-3-5(11)6(4)7(9)10/h1-3,11H,(H,9,10). The second-order valence-electron chi connectivity index (χ2n) is 1.94. The van der Waals surface area contributed by atoms with Crippen molar-refractivity contribution < 1.29 is 9.90 Å². The van der Waals surface area contributed by atoms with Crippen molar-refractivity contribution >= 4 is 30.2 Å². The van der Waals surface area contributed by atoms with Crippen molar-refractivity contribution in [3.63, 3.8) is 0 Å². The molecule has 1 aromatic rings. The molecular formula is C7H5ClO2S. The normalized spacial score (nSPS) is 9.64. The lowest BCUT2D eigenvalue weighted by Gasteiger charge is -1.99. The summed E-state index contributed by atoms with van der Waals surface area (Å²) in [7, 11) is 0. The molecule has 0 aliphatic rings. The Hall–Kier alpha value is -0.670. The number of halogens is 1. The van der Waals surface area contributed by atoms with Crippen LogP contribution in [0, 0.1) is 0 Å². The first kappa shape index (κ1) is 8.43. The monoisotopic (exact) mass is 188 g/mol. The average Bonchev–Trinajstić information content (AvgIpc) is 1.85. The molecule has 0 fully saturated rings. The van der Waals surface area contributed by atoms with Crippen LogP contribution < -0.4 is 0 Å². The molecule has 0 atom stereocenters. The zero-order valence-corrected chi connectivity index (χ0v) is 7.06. The minimum Gasteiger partial charge on any atom is -0.478 e. The van der Waals surface area contributed by atoms with Crippen LogP contribution in [0.3, 0.4) is 0 Å². The SMILES string of the molecule is O=C(O)c1c(S)cccc1Cl. The summed E-state index contributed by atoms with van der Waals surface area (Å²) in [5.74, 6) is -1.06. The molecule has 0 amide bonds. The summed E-state index contributed by atoms with van der Waals surface area (Å²) in [6.07, 6.45) is 0. The highest BCUT2D eigenvalue weighted by Crippen LogP contribution is 2.22. The summed E-state index contributed by atoms with van der Waals surface area (Å²) < 4.78 is 0. The number of thiol groups is 1. The van der Waals surface area contributed by atoms with E-state index in [1.165, 1.54) is 6.07 Å². The van der Waals surface area contributed by atoms with E-state index in [2.05, 4.69) is 12.6 Å². The Morgan fingerprint density at radius 3 is 2.55 bits per heavy atom. The first-order valence-electron chi connectivity index (χ1n) is 2.83. The number of rotatable bonds is 1. The van der Waals surface area contributed by atoms with Gasteiger partial charge in [-0.05, 0) is 12.1 Å². The maximum absolute atomic E-state index is 10.5. The summed E-state index contributed by atoms with van der Waals surface area (Å²) in [6.45, 7) is 0. The number of carbonyl (C=O) groups is 1. The van der Waals surface area contributed by atoms with Crippen LogP contribution in [0.1, 0.15) is 10.4 Å². The number of benzene rings is 1. The molecule has 0 aromatic heterocycles. The third kappa shape index (κ3) is 1.67. The van der Waals surface area contributed by atoms with Crippen molar-refractivity contribution in [3.05, 3.63) is 28.8 Å². The van der Waals surface area contributed by atoms with E-state index in [0.717, 1.165) is 0 Å². The smallest absolute Gasteiger partial charge is 0.338 e. The Labute approximate surface area is 74.2 Å². The lowest BCUT2D eigenvalue weighted by molar-refractivity contribution is 0.0693. The number of hydrogen-bond donors (Lipinski definition) is 2. The van der Waals surface area contributed by atoms with Gasteiger partial charge in [0.2, 0.25) is 0 Å². The topological polar surface area (TPSA) is 37.3 Å². The van der Waals surface area contributed by atoms with Crippen LogP contribution in [0.4, 0.5) is 0 Å². The average molecular weight is 189 g/mol. The van der Waals surface area contributed by atoms with E-state index < -0.39 is 5.97 Å². The van der Waals surface area contributed by atoms with Crippen molar-refractivity contribution in [3.8, 4) is 0 Å². The quantitative estimate of drug-likeness (QED) is 0.664. The highest BCUT2D eigenvalue weighted by atomic mass is 35.5. The van der Waals surface area contributed by atoms with Crippen molar-refractivity contribution in [2.24, 2.45) is 0 Å². The number of aromatic carboxylic acids is 1. The van der Waals surface area contributed by atoms with Crippen molar-refractivity contribution in [1.82, 2.24) is 0 Å². The highest BCUT2D eigenvalue weighted by molar-refractivity contribution is 7.80. The molecule has 0 aliphatic carbocycles. The maximum atomic E-state index is 10.5. The molecule has 0 aliphatic heterocycles. The van der Waals surface area contributed by atoms with E-state index in [-0.39, 0.29) is 10.6 Å². The lowest BCUT2D eigenvalue weighted by atomic mass is 10.2. The van der Waals surface area contributed by atoms with Crippen LogP contribution in [0.25, 0.3) is 0 Å². The van der Waals surface area contributed by atoms with Gasteiger partial charge in [-0.3, -0.25) is 0 Å². The molecule has 58 valence electrons. The molecule has 0 saturated carbocycles. The van der Waals surface area contributed by atoms with Gasteiger partial charge in [0.05, 0.1) is 10.6 Å². The lowest BCUT2D eigenvalue weighted by Crippen LogP contribution is -1.98. The maximum Gasteiger partial charge on any atom is 0.338 e. The van der Waals surface area contributed by atoms with Crippen molar-refractivity contribution in [2.75, 3.05) is 0 Å². The van der Waals surface area contributed by atoms with E-state index in [1.54, 1.807) is 12.1 Å². The Balaban J connectivity index is 3.32. The highest BCUT2D eigenvalue weighted by Gasteiger charge is 2.10. The van der Waals surface area contributed by atoms with Gasteiger partial charge in [0.15, 0.2) is 0 Å². The van der Waals surface area contributed by atoms with Crippen LogP contribution in [-0.4, -0.2) is 11.1 Å². The van der Waals surface area contributed by atoms with Crippen LogP contribution in [0.2, 0.25) is 5.02 Å². The summed E-state index contributed by atoms with van der Waals surface area (Å²) in [6, 6.07) is 4.75. The Morgan fingerprint density at radius 1 is 1.55 bits per heavy atom. The molecular weight excluding hydrogens is 184 g/mol. The minimum atomic E-state index is -1.06. The first-order valence-corrected chi connectivity index (χ1v) is 3.66. The molecule has 0 spiro atoms. The van der Waals surface area contributed by atoms with Gasteiger partial charge in [-0.2, -0.15) is 0 Å². The molecule has 0 bridgehead atoms. The predicted molar refractivity (Wildman–Crippen MR) is 45.7 cm³/mol. The predicted octanol–water partition coefficient (Wildman–Crippen LogP) is 2.33. The zero-order valence-electron chi connectivity index (χ0n) is 5.41. The van der Waals surface area contributed by atoms with Gasteiger partial charge in [-0.15, -0.1) is 12.6 Å². The van der Waals surface area contributed by atoms with Crippen LogP contribution in [0.5, 0.6) is 0 Å². The van der Waals surface area contributed by atoms with E-state index in [1.807, 2.05) is 0 Å². The van der Waals surface area contributed by atoms with E-state index >= 15 is 0 Å². The Kier molecular flexibility index (Phi) is 2.42. The molecule has 0 saturated heterocycles. The van der Waals surface area contributed by atoms with Crippen molar-refractivity contribution in [2.45, 2.75) is 4.90 Å². The third-order valence-electron chi connectivity index (χ3n) is 1.21. The second kappa shape index (κ2) is 3.15. The second-order valence-corrected chi connectivity index (χ2v) is 2.83. The molecule has 2 nitrogen and oxygen atoms in total. The number of carboxylic acid groups (broad SMARTS) is 1. The molecule has 0 radical (unpaired) electrons. The number of hydrogen-bond acceptors (Lipinski definition) is 2. The third-order valence-corrected chi connectivity index (χ3v) is 1.89. The van der Waals surface area contributed by atoms with Gasteiger partial charge >= 0.3 is 5.97 Å². The van der Waals surface area contributed by atoms with Crippen LogP contribution in [-0.2, 0) is 0 Å². The van der Waals surface area contributed by atoms with E-state index in [4.69, 9.17) is 16.7 Å². The molecule has 0 heterocycles. The summed E-state index contributed by atoms with van der Waals surface area (Å²) in [4.78, 5) is 10.9. The molecule has 11 heavy (non-hydrogen) atoms. The summed E-state index contributed by atoms with van der Waals surface area (Å²) >= 11 is 9.54. The Bertz CT molecular complexity index is 278. The molecule has 0 unspecified atom stereocenters. The molecule has 1 rings (SSSR count). The fraction of sp³-hybridized carbons (Fsp3) is 0. The minimum absolute atomic E-state index is 0.0532. The van der Waals surface area contributed by atoms with Gasteiger partial charge in [0.1, 0.15) is 0 Å². The van der Waals surface area contributed by atoms with Crippen molar-refractivity contribution in [1.29, 1.82) is 0 Å². The molecule has 1 aromatic carbocycles. The largest absolute Gasteiger partial charge is 0.478 e. The Morgan fingerprint density at radius 2 is 2.18 bits per heavy atom. The van der Waals surface area contributed by atoms with Gasteiger partial charge in [-0.25, -0.2) is 4.79 Å².